The van der Waals surface area contributed by atoms with Gasteiger partial charge in [-0.25, -0.2) is 9.50 Å². The average Bonchev–Trinajstić information content (AvgIpc) is 3.27. The first-order valence-corrected chi connectivity index (χ1v) is 8.41. The Labute approximate surface area is 141 Å². The van der Waals surface area contributed by atoms with Crippen LogP contribution in [0.15, 0.2) is 22.3 Å². The Morgan fingerprint density at radius 3 is 3.00 bits per heavy atom. The number of ether oxygens (including phenoxy) is 1. The van der Waals surface area contributed by atoms with E-state index in [1.54, 1.807) is 16.2 Å². The van der Waals surface area contributed by atoms with E-state index >= 15 is 0 Å². The highest BCUT2D eigenvalue weighted by Gasteiger charge is 2.29. The van der Waals surface area contributed by atoms with Crippen LogP contribution in [0.3, 0.4) is 0 Å². The van der Waals surface area contributed by atoms with Gasteiger partial charge < -0.3 is 9.64 Å². The molecule has 1 aliphatic rings. The van der Waals surface area contributed by atoms with Gasteiger partial charge in [0.05, 0.1) is 34.9 Å². The lowest BCUT2D eigenvalue weighted by Gasteiger charge is -2.13. The maximum absolute atomic E-state index is 12.8. The third-order valence-corrected chi connectivity index (χ3v) is 5.16. The molecule has 0 aromatic carbocycles. The number of thiophene rings is 1. The first-order chi connectivity index (χ1) is 11.6. The van der Waals surface area contributed by atoms with Crippen molar-refractivity contribution >= 4 is 22.9 Å². The summed E-state index contributed by atoms with van der Waals surface area (Å²) in [5.74, 6) is -0.139. The van der Waals surface area contributed by atoms with Gasteiger partial charge in [0.1, 0.15) is 6.61 Å². The standard InChI is InChI=1S/C16H16N4O3S/c1-9-14(12-4-3-5-24-12)18-20-15(9)17-11-7-19(13(21)8-23-2)6-10(11)16(20)22/h3-5,18H,6-8H2,1-2H3. The second-order valence-electron chi connectivity index (χ2n) is 5.77. The molecule has 0 spiro atoms. The molecule has 3 aromatic rings. The van der Waals surface area contributed by atoms with Crippen LogP contribution in [0.2, 0.25) is 0 Å². The van der Waals surface area contributed by atoms with Gasteiger partial charge in [-0.2, -0.15) is 0 Å². The molecule has 0 saturated carbocycles. The summed E-state index contributed by atoms with van der Waals surface area (Å²) >= 11 is 1.61. The van der Waals surface area contributed by atoms with E-state index in [-0.39, 0.29) is 24.6 Å². The van der Waals surface area contributed by atoms with Gasteiger partial charge in [0.15, 0.2) is 5.65 Å². The lowest BCUT2D eigenvalue weighted by molar-refractivity contribution is -0.135. The predicted molar refractivity (Wildman–Crippen MR) is 90.0 cm³/mol. The molecule has 24 heavy (non-hydrogen) atoms. The maximum atomic E-state index is 12.8. The number of hydrogen-bond acceptors (Lipinski definition) is 5. The molecule has 8 heteroatoms. The van der Waals surface area contributed by atoms with Crippen molar-refractivity contribution in [2.45, 2.75) is 20.0 Å². The number of hydrogen-bond donors (Lipinski definition) is 1. The monoisotopic (exact) mass is 344 g/mol. The zero-order valence-corrected chi connectivity index (χ0v) is 14.1. The van der Waals surface area contributed by atoms with Crippen LogP contribution in [-0.4, -0.2) is 39.1 Å². The molecule has 4 heterocycles. The summed E-state index contributed by atoms with van der Waals surface area (Å²) in [4.78, 5) is 32.1. The third kappa shape index (κ3) is 2.18. The molecule has 4 rings (SSSR count). The Bertz CT molecular complexity index is 987. The molecule has 3 aromatic heterocycles. The molecule has 1 amide bonds. The van der Waals surface area contributed by atoms with Crippen LogP contribution in [-0.2, 0) is 22.6 Å². The molecule has 1 aliphatic heterocycles. The molecule has 7 nitrogen and oxygen atoms in total. The number of fused-ring (bicyclic) bond motifs is 2. The van der Waals surface area contributed by atoms with Gasteiger partial charge in [-0.15, -0.1) is 11.3 Å². The van der Waals surface area contributed by atoms with Crippen molar-refractivity contribution in [3.63, 3.8) is 0 Å². The van der Waals surface area contributed by atoms with Crippen molar-refractivity contribution in [1.82, 2.24) is 19.5 Å². The van der Waals surface area contributed by atoms with Crippen molar-refractivity contribution in [3.8, 4) is 10.6 Å². The highest BCUT2D eigenvalue weighted by atomic mass is 32.1. The summed E-state index contributed by atoms with van der Waals surface area (Å²) in [6, 6.07) is 3.98. The Hall–Kier alpha value is -2.45. The van der Waals surface area contributed by atoms with Crippen LogP contribution in [0.4, 0.5) is 0 Å². The molecule has 0 atom stereocenters. The van der Waals surface area contributed by atoms with Crippen LogP contribution < -0.4 is 5.56 Å². The first-order valence-electron chi connectivity index (χ1n) is 7.54. The van der Waals surface area contributed by atoms with Gasteiger partial charge in [0.2, 0.25) is 5.91 Å². The Morgan fingerprint density at radius 1 is 1.46 bits per heavy atom. The van der Waals surface area contributed by atoms with E-state index in [9.17, 15) is 9.59 Å². The highest BCUT2D eigenvalue weighted by Crippen LogP contribution is 2.29. The van der Waals surface area contributed by atoms with Gasteiger partial charge >= 0.3 is 0 Å². The molecule has 0 saturated heterocycles. The number of amides is 1. The summed E-state index contributed by atoms with van der Waals surface area (Å²) < 4.78 is 6.36. The largest absolute Gasteiger partial charge is 0.375 e. The predicted octanol–water partition coefficient (Wildman–Crippen LogP) is 1.55. The molecular formula is C16H16N4O3S. The van der Waals surface area contributed by atoms with E-state index in [2.05, 4.69) is 10.1 Å². The van der Waals surface area contributed by atoms with Crippen molar-refractivity contribution < 1.29 is 9.53 Å². The lowest BCUT2D eigenvalue weighted by Crippen LogP contribution is -2.29. The number of nitrogens with one attached hydrogen (secondary N) is 1. The fraction of sp³-hybridized carbons (Fsp3) is 0.312. The molecule has 0 fully saturated rings. The number of nitrogens with zero attached hydrogens (tertiary/aromatic N) is 3. The molecular weight excluding hydrogens is 328 g/mol. The second kappa shape index (κ2) is 5.57. The van der Waals surface area contributed by atoms with Crippen LogP contribution in [0.5, 0.6) is 0 Å². The average molecular weight is 344 g/mol. The molecule has 0 bridgehead atoms. The summed E-state index contributed by atoms with van der Waals surface area (Å²) in [6.45, 7) is 2.58. The van der Waals surface area contributed by atoms with Gasteiger partial charge in [0, 0.05) is 12.7 Å². The molecule has 124 valence electrons. The minimum absolute atomic E-state index is 0.00867. The first kappa shape index (κ1) is 15.1. The highest BCUT2D eigenvalue weighted by molar-refractivity contribution is 7.13. The van der Waals surface area contributed by atoms with Gasteiger partial charge in [-0.05, 0) is 18.4 Å². The van der Waals surface area contributed by atoms with Crippen LogP contribution in [0.25, 0.3) is 16.2 Å². The Kier molecular flexibility index (Phi) is 3.50. The number of carbonyl (C=O) groups is 1. The number of rotatable bonds is 3. The van der Waals surface area contributed by atoms with E-state index in [1.807, 2.05) is 24.4 Å². The van der Waals surface area contributed by atoms with E-state index in [1.165, 1.54) is 11.6 Å². The van der Waals surface area contributed by atoms with E-state index in [0.717, 1.165) is 16.1 Å². The smallest absolute Gasteiger partial charge is 0.278 e. The number of aromatic nitrogens is 3. The molecule has 0 radical (unpaired) electrons. The minimum atomic E-state index is -0.145. The summed E-state index contributed by atoms with van der Waals surface area (Å²) in [5, 5.41) is 5.15. The summed E-state index contributed by atoms with van der Waals surface area (Å²) in [5.41, 5.74) is 3.54. The molecule has 0 aliphatic carbocycles. The second-order valence-corrected chi connectivity index (χ2v) is 6.72. The lowest BCUT2D eigenvalue weighted by atomic mass is 10.2. The van der Waals surface area contributed by atoms with Crippen LogP contribution in [0, 0.1) is 6.92 Å². The van der Waals surface area contributed by atoms with E-state index in [0.29, 0.717) is 23.4 Å². The van der Waals surface area contributed by atoms with Crippen LogP contribution in [0.1, 0.15) is 16.8 Å². The number of aromatic amines is 1. The maximum Gasteiger partial charge on any atom is 0.278 e. The SMILES string of the molecule is COCC(=O)N1Cc2nc3c(C)c(-c4cccs4)[nH]n3c(=O)c2C1. The molecule has 0 unspecified atom stereocenters. The quantitative estimate of drug-likeness (QED) is 0.782. The van der Waals surface area contributed by atoms with Gasteiger partial charge in [0.25, 0.3) is 5.56 Å². The summed E-state index contributed by atoms with van der Waals surface area (Å²) in [7, 11) is 1.48. The fourth-order valence-electron chi connectivity index (χ4n) is 3.03. The van der Waals surface area contributed by atoms with Crippen molar-refractivity contribution in [1.29, 1.82) is 0 Å². The van der Waals surface area contributed by atoms with E-state index in [4.69, 9.17) is 4.74 Å². The Balaban J connectivity index is 1.81. The number of methoxy groups -OCH3 is 1. The van der Waals surface area contributed by atoms with Gasteiger partial charge in [-0.3, -0.25) is 14.7 Å². The minimum Gasteiger partial charge on any atom is -0.375 e. The van der Waals surface area contributed by atoms with Crippen molar-refractivity contribution in [2.75, 3.05) is 13.7 Å². The zero-order chi connectivity index (χ0) is 16.8. The molecule has 1 N–H and O–H groups in total. The Morgan fingerprint density at radius 2 is 2.29 bits per heavy atom. The topological polar surface area (TPSA) is 79.7 Å². The fourth-order valence-corrected chi connectivity index (χ4v) is 3.81. The van der Waals surface area contributed by atoms with Crippen molar-refractivity contribution in [3.05, 3.63) is 44.7 Å². The summed E-state index contributed by atoms with van der Waals surface area (Å²) in [6.07, 6.45) is 0. The van der Waals surface area contributed by atoms with Crippen LogP contribution >= 0.6 is 11.3 Å². The number of H-pyrrole nitrogens is 1. The number of carbonyl (C=O) groups excluding carboxylic acids is 1. The number of aryl methyl sites for hydroxylation is 1. The normalized spacial score (nSPS) is 13.7. The van der Waals surface area contributed by atoms with E-state index < -0.39 is 0 Å². The van der Waals surface area contributed by atoms with Gasteiger partial charge in [-0.1, -0.05) is 6.07 Å². The third-order valence-electron chi connectivity index (χ3n) is 4.27. The zero-order valence-electron chi connectivity index (χ0n) is 13.3. The van der Waals surface area contributed by atoms with Crippen molar-refractivity contribution in [2.24, 2.45) is 0 Å².